The van der Waals surface area contributed by atoms with Crippen LogP contribution < -0.4 is 0 Å². The van der Waals surface area contributed by atoms with E-state index in [-0.39, 0.29) is 0 Å². The highest BCUT2D eigenvalue weighted by molar-refractivity contribution is 5.84. The molecule has 4 heterocycles. The van der Waals surface area contributed by atoms with E-state index in [1.165, 1.54) is 27.6 Å². The fraction of sp³-hybridized carbons (Fsp3) is 0.179. The number of hydrogen-bond acceptors (Lipinski definition) is 4. The molecule has 5 aromatic rings. The van der Waals surface area contributed by atoms with Crippen LogP contribution in [-0.2, 0) is 26.1 Å². The predicted octanol–water partition coefficient (Wildman–Crippen LogP) is 5.10. The zero-order chi connectivity index (χ0) is 22.0. The molecule has 0 radical (unpaired) electrons. The van der Waals surface area contributed by atoms with Gasteiger partial charge in [-0.1, -0.05) is 48.5 Å². The minimum absolute atomic E-state index is 0.763. The number of fused-ring (bicyclic) bond motifs is 2. The van der Waals surface area contributed by atoms with Crippen molar-refractivity contribution in [3.05, 3.63) is 114 Å². The molecule has 1 aliphatic heterocycles. The maximum absolute atomic E-state index is 4.84. The van der Waals surface area contributed by atoms with Crippen LogP contribution in [0.5, 0.6) is 0 Å². The first-order valence-corrected chi connectivity index (χ1v) is 11.4. The third-order valence-corrected chi connectivity index (χ3v) is 6.39. The standard InChI is InChI=1S/C28H25N5/c1-2-7-21(8-3-1)17-33-20-24(25-10-4-5-11-27(25)33)19-32-14-12-26-23(18-32)16-30-28(31-26)22-9-6-13-29-15-22/h1-11,13,15-16,20H,12,14,17-19H2. The lowest BCUT2D eigenvalue weighted by Crippen LogP contribution is -2.30. The smallest absolute Gasteiger partial charge is 0.160 e. The van der Waals surface area contributed by atoms with Gasteiger partial charge in [0, 0.05) is 79.4 Å². The Balaban J connectivity index is 1.24. The molecule has 3 aromatic heterocycles. The van der Waals surface area contributed by atoms with Gasteiger partial charge in [-0.15, -0.1) is 0 Å². The number of benzene rings is 2. The highest BCUT2D eigenvalue weighted by Crippen LogP contribution is 2.26. The number of hydrogen-bond donors (Lipinski definition) is 0. The van der Waals surface area contributed by atoms with E-state index < -0.39 is 0 Å². The van der Waals surface area contributed by atoms with Crippen molar-refractivity contribution in [3.63, 3.8) is 0 Å². The Morgan fingerprint density at radius 3 is 2.61 bits per heavy atom. The molecule has 0 aliphatic carbocycles. The van der Waals surface area contributed by atoms with Crippen LogP contribution in [0.2, 0.25) is 0 Å². The third-order valence-electron chi connectivity index (χ3n) is 6.39. The van der Waals surface area contributed by atoms with Crippen molar-refractivity contribution < 1.29 is 0 Å². The molecule has 162 valence electrons. The summed E-state index contributed by atoms with van der Waals surface area (Å²) in [4.78, 5) is 16.2. The number of pyridine rings is 1. The highest BCUT2D eigenvalue weighted by Gasteiger charge is 2.20. The summed E-state index contributed by atoms with van der Waals surface area (Å²) in [5.41, 5.74) is 7.33. The van der Waals surface area contributed by atoms with Gasteiger partial charge in [-0.3, -0.25) is 9.88 Å². The lowest BCUT2D eigenvalue weighted by molar-refractivity contribution is 0.243. The van der Waals surface area contributed by atoms with Gasteiger partial charge in [-0.25, -0.2) is 9.97 Å². The van der Waals surface area contributed by atoms with Gasteiger partial charge in [0.05, 0.1) is 5.69 Å². The van der Waals surface area contributed by atoms with E-state index in [2.05, 4.69) is 80.2 Å². The molecule has 1 aliphatic rings. The summed E-state index contributed by atoms with van der Waals surface area (Å²) in [5, 5.41) is 1.34. The Morgan fingerprint density at radius 1 is 0.848 bits per heavy atom. The quantitative estimate of drug-likeness (QED) is 0.388. The SMILES string of the molecule is c1ccc(Cn2cc(CN3CCc4nc(-c5cccnc5)ncc4C3)c3ccccc32)cc1. The highest BCUT2D eigenvalue weighted by atomic mass is 15.1. The lowest BCUT2D eigenvalue weighted by atomic mass is 10.1. The number of aromatic nitrogens is 4. The van der Waals surface area contributed by atoms with Crippen LogP contribution in [-0.4, -0.2) is 31.0 Å². The molecule has 0 spiro atoms. The van der Waals surface area contributed by atoms with E-state index in [4.69, 9.17) is 4.98 Å². The molecule has 0 saturated carbocycles. The second-order valence-electron chi connectivity index (χ2n) is 8.65. The van der Waals surface area contributed by atoms with E-state index in [0.717, 1.165) is 49.7 Å². The largest absolute Gasteiger partial charge is 0.343 e. The minimum Gasteiger partial charge on any atom is -0.343 e. The summed E-state index contributed by atoms with van der Waals surface area (Å²) < 4.78 is 2.38. The Kier molecular flexibility index (Phi) is 5.17. The molecular weight excluding hydrogens is 406 g/mol. The van der Waals surface area contributed by atoms with Crippen LogP contribution in [0.4, 0.5) is 0 Å². The van der Waals surface area contributed by atoms with E-state index in [1.807, 2.05) is 24.5 Å². The number of para-hydroxylation sites is 1. The molecule has 0 fully saturated rings. The lowest BCUT2D eigenvalue weighted by Gasteiger charge is -2.27. The molecular formula is C28H25N5. The summed E-state index contributed by atoms with van der Waals surface area (Å²) in [6.45, 7) is 3.68. The van der Waals surface area contributed by atoms with Crippen molar-refractivity contribution in [3.8, 4) is 11.4 Å². The fourth-order valence-corrected chi connectivity index (χ4v) is 4.74. The van der Waals surface area contributed by atoms with Crippen molar-refractivity contribution in [2.45, 2.75) is 26.1 Å². The Bertz CT molecular complexity index is 1390. The van der Waals surface area contributed by atoms with Crippen LogP contribution >= 0.6 is 0 Å². The summed E-state index contributed by atoms with van der Waals surface area (Å²) >= 11 is 0. The number of nitrogens with zero attached hydrogens (tertiary/aromatic N) is 5. The van der Waals surface area contributed by atoms with E-state index in [1.54, 1.807) is 6.20 Å². The monoisotopic (exact) mass is 431 g/mol. The molecule has 5 heteroatoms. The molecule has 2 aromatic carbocycles. The zero-order valence-electron chi connectivity index (χ0n) is 18.4. The molecule has 5 nitrogen and oxygen atoms in total. The van der Waals surface area contributed by atoms with Gasteiger partial charge in [0.25, 0.3) is 0 Å². The summed E-state index contributed by atoms with van der Waals surface area (Å²) in [6.07, 6.45) is 8.86. The van der Waals surface area contributed by atoms with Crippen molar-refractivity contribution in [2.24, 2.45) is 0 Å². The van der Waals surface area contributed by atoms with Crippen LogP contribution in [0, 0.1) is 0 Å². The van der Waals surface area contributed by atoms with E-state index in [0.29, 0.717) is 0 Å². The first-order valence-electron chi connectivity index (χ1n) is 11.4. The van der Waals surface area contributed by atoms with Crippen molar-refractivity contribution in [1.29, 1.82) is 0 Å². The fourth-order valence-electron chi connectivity index (χ4n) is 4.74. The van der Waals surface area contributed by atoms with Gasteiger partial charge in [-0.2, -0.15) is 0 Å². The Labute approximate surface area is 193 Å². The predicted molar refractivity (Wildman–Crippen MR) is 131 cm³/mol. The molecule has 0 atom stereocenters. The molecule has 6 rings (SSSR count). The van der Waals surface area contributed by atoms with E-state index >= 15 is 0 Å². The molecule has 0 N–H and O–H groups in total. The van der Waals surface area contributed by atoms with Gasteiger partial charge in [0.1, 0.15) is 0 Å². The van der Waals surface area contributed by atoms with Crippen molar-refractivity contribution in [2.75, 3.05) is 6.54 Å². The zero-order valence-corrected chi connectivity index (χ0v) is 18.4. The first kappa shape index (κ1) is 19.8. The Morgan fingerprint density at radius 2 is 1.73 bits per heavy atom. The van der Waals surface area contributed by atoms with Crippen molar-refractivity contribution in [1.82, 2.24) is 24.4 Å². The molecule has 0 amide bonds. The third kappa shape index (κ3) is 4.03. The second-order valence-corrected chi connectivity index (χ2v) is 8.65. The number of rotatable bonds is 5. The van der Waals surface area contributed by atoms with Crippen LogP contribution in [0.3, 0.4) is 0 Å². The average molecular weight is 432 g/mol. The maximum Gasteiger partial charge on any atom is 0.160 e. The van der Waals surface area contributed by atoms with Gasteiger partial charge in [0.15, 0.2) is 5.82 Å². The summed E-state index contributed by atoms with van der Waals surface area (Å²) in [6, 6.07) is 23.3. The second kappa shape index (κ2) is 8.60. The van der Waals surface area contributed by atoms with Gasteiger partial charge in [0.2, 0.25) is 0 Å². The normalized spacial score (nSPS) is 13.8. The molecule has 0 unspecified atom stereocenters. The van der Waals surface area contributed by atoms with Crippen molar-refractivity contribution >= 4 is 10.9 Å². The first-order chi connectivity index (χ1) is 16.3. The summed E-state index contributed by atoms with van der Waals surface area (Å²) in [7, 11) is 0. The van der Waals surface area contributed by atoms with Gasteiger partial charge >= 0.3 is 0 Å². The van der Waals surface area contributed by atoms with Gasteiger partial charge < -0.3 is 4.57 Å². The maximum atomic E-state index is 4.84. The van der Waals surface area contributed by atoms with Crippen LogP contribution in [0.25, 0.3) is 22.3 Å². The molecule has 0 saturated heterocycles. The minimum atomic E-state index is 0.763. The summed E-state index contributed by atoms with van der Waals surface area (Å²) in [5.74, 6) is 0.763. The molecule has 0 bridgehead atoms. The Hall–Kier alpha value is -3.83. The average Bonchev–Trinajstić information content (AvgIpc) is 3.22. The molecule has 33 heavy (non-hydrogen) atoms. The topological polar surface area (TPSA) is 46.8 Å². The van der Waals surface area contributed by atoms with Gasteiger partial charge in [-0.05, 0) is 29.3 Å². The van der Waals surface area contributed by atoms with E-state index in [9.17, 15) is 0 Å². The van der Waals surface area contributed by atoms with Crippen LogP contribution in [0.15, 0.2) is 91.5 Å². The van der Waals surface area contributed by atoms with Crippen LogP contribution in [0.1, 0.15) is 22.4 Å².